The van der Waals surface area contributed by atoms with E-state index in [1.165, 1.54) is 13.2 Å². The third-order valence-electron chi connectivity index (χ3n) is 5.15. The number of nitrogens with zero attached hydrogens (tertiary/aromatic N) is 1. The van der Waals surface area contributed by atoms with Crippen molar-refractivity contribution >= 4 is 16.8 Å². The van der Waals surface area contributed by atoms with E-state index in [1.54, 1.807) is 11.0 Å². The van der Waals surface area contributed by atoms with Gasteiger partial charge in [-0.2, -0.15) is 13.2 Å². The summed E-state index contributed by atoms with van der Waals surface area (Å²) in [5.41, 5.74) is 2.40. The molecular weight excluding hydrogens is 369 g/mol. The second kappa shape index (κ2) is 6.98. The molecule has 0 radical (unpaired) electrons. The zero-order valence-electron chi connectivity index (χ0n) is 15.2. The Kier molecular flexibility index (Phi) is 4.63. The number of H-pyrrole nitrogens is 1. The number of aromatic amines is 1. The largest absolute Gasteiger partial charge is 0.416 e. The lowest BCUT2D eigenvalue weighted by Crippen LogP contribution is -2.42. The van der Waals surface area contributed by atoms with E-state index in [0.717, 1.165) is 34.3 Å². The van der Waals surface area contributed by atoms with Crippen LogP contribution in [0.3, 0.4) is 0 Å². The van der Waals surface area contributed by atoms with Crippen LogP contribution in [0.2, 0.25) is 0 Å². The monoisotopic (exact) mass is 388 g/mol. The summed E-state index contributed by atoms with van der Waals surface area (Å²) in [4.78, 5) is 17.6. The van der Waals surface area contributed by atoms with E-state index in [2.05, 4.69) is 4.98 Å². The Morgan fingerprint density at radius 2 is 2.00 bits per heavy atom. The van der Waals surface area contributed by atoms with Crippen molar-refractivity contribution in [3.05, 3.63) is 70.9 Å². The predicted octanol–water partition coefficient (Wildman–Crippen LogP) is 4.31. The number of rotatable bonds is 3. The smallest absolute Gasteiger partial charge is 0.375 e. The van der Waals surface area contributed by atoms with Crippen LogP contribution in [0.1, 0.15) is 28.4 Å². The molecule has 7 heteroatoms. The van der Waals surface area contributed by atoms with Crippen LogP contribution in [0.4, 0.5) is 13.2 Å². The molecule has 0 fully saturated rings. The SMILES string of the molecule is COCC(=O)N1CCc2c([nH]c3ccccc23)C1c1cccc(C(F)(F)F)c1. The molecule has 4 nitrogen and oxygen atoms in total. The van der Waals surface area contributed by atoms with Crippen LogP contribution in [0.5, 0.6) is 0 Å². The number of hydrogen-bond acceptors (Lipinski definition) is 2. The molecule has 146 valence electrons. The lowest BCUT2D eigenvalue weighted by Gasteiger charge is -2.36. The van der Waals surface area contributed by atoms with Gasteiger partial charge in [0.15, 0.2) is 0 Å². The molecule has 2 aromatic carbocycles. The highest BCUT2D eigenvalue weighted by atomic mass is 19.4. The molecule has 28 heavy (non-hydrogen) atoms. The molecule has 1 atom stereocenters. The van der Waals surface area contributed by atoms with Crippen molar-refractivity contribution in [2.45, 2.75) is 18.6 Å². The highest BCUT2D eigenvalue weighted by Gasteiger charge is 2.36. The van der Waals surface area contributed by atoms with Crippen molar-refractivity contribution in [1.82, 2.24) is 9.88 Å². The normalized spacial score (nSPS) is 17.0. The van der Waals surface area contributed by atoms with E-state index in [4.69, 9.17) is 4.74 Å². The number of carbonyl (C=O) groups is 1. The molecule has 1 N–H and O–H groups in total. The molecule has 0 aliphatic carbocycles. The van der Waals surface area contributed by atoms with Gasteiger partial charge in [0, 0.05) is 30.3 Å². The Bertz CT molecular complexity index is 1030. The van der Waals surface area contributed by atoms with Gasteiger partial charge in [0.25, 0.3) is 0 Å². The van der Waals surface area contributed by atoms with Gasteiger partial charge in [-0.3, -0.25) is 4.79 Å². The van der Waals surface area contributed by atoms with Crippen molar-refractivity contribution in [1.29, 1.82) is 0 Å². The first-order valence-corrected chi connectivity index (χ1v) is 8.95. The second-order valence-corrected chi connectivity index (χ2v) is 6.86. The Morgan fingerprint density at radius 3 is 2.75 bits per heavy atom. The van der Waals surface area contributed by atoms with E-state index in [0.29, 0.717) is 18.5 Å². The minimum Gasteiger partial charge on any atom is -0.375 e. The summed E-state index contributed by atoms with van der Waals surface area (Å²) in [6.45, 7) is 0.295. The summed E-state index contributed by atoms with van der Waals surface area (Å²) in [5.74, 6) is -0.255. The van der Waals surface area contributed by atoms with Crippen molar-refractivity contribution in [2.75, 3.05) is 20.3 Å². The van der Waals surface area contributed by atoms with Crippen LogP contribution in [-0.4, -0.2) is 36.1 Å². The van der Waals surface area contributed by atoms with E-state index in [1.807, 2.05) is 24.3 Å². The first kappa shape index (κ1) is 18.6. The maximum absolute atomic E-state index is 13.3. The number of aromatic nitrogens is 1. The minimum atomic E-state index is -4.45. The number of para-hydroxylation sites is 1. The Morgan fingerprint density at radius 1 is 1.21 bits per heavy atom. The number of fused-ring (bicyclic) bond motifs is 3. The number of carbonyl (C=O) groups excluding carboxylic acids is 1. The maximum Gasteiger partial charge on any atom is 0.416 e. The summed E-state index contributed by atoms with van der Waals surface area (Å²) in [6, 6.07) is 12.3. The lowest BCUT2D eigenvalue weighted by atomic mass is 9.91. The summed E-state index contributed by atoms with van der Waals surface area (Å²) in [6.07, 6.45) is -3.82. The van der Waals surface area contributed by atoms with E-state index in [-0.39, 0.29) is 12.5 Å². The van der Waals surface area contributed by atoms with Crippen LogP contribution in [0.25, 0.3) is 10.9 Å². The molecule has 0 bridgehead atoms. The molecule has 1 amide bonds. The van der Waals surface area contributed by atoms with Crippen LogP contribution in [0.15, 0.2) is 48.5 Å². The van der Waals surface area contributed by atoms with Crippen LogP contribution in [0, 0.1) is 0 Å². The van der Waals surface area contributed by atoms with E-state index < -0.39 is 17.8 Å². The van der Waals surface area contributed by atoms with Gasteiger partial charge in [-0.05, 0) is 35.7 Å². The van der Waals surface area contributed by atoms with Crippen molar-refractivity contribution in [3.8, 4) is 0 Å². The number of methoxy groups -OCH3 is 1. The number of hydrogen-bond donors (Lipinski definition) is 1. The first-order valence-electron chi connectivity index (χ1n) is 8.95. The Balaban J connectivity index is 1.88. The molecule has 1 aromatic heterocycles. The van der Waals surface area contributed by atoms with Gasteiger partial charge in [0.05, 0.1) is 11.6 Å². The highest BCUT2D eigenvalue weighted by molar-refractivity contribution is 5.86. The molecule has 1 aliphatic heterocycles. The van der Waals surface area contributed by atoms with Crippen molar-refractivity contribution < 1.29 is 22.7 Å². The molecule has 0 spiro atoms. The van der Waals surface area contributed by atoms with Crippen LogP contribution < -0.4 is 0 Å². The predicted molar refractivity (Wildman–Crippen MR) is 98.9 cm³/mol. The lowest BCUT2D eigenvalue weighted by molar-refractivity contribution is -0.137. The highest BCUT2D eigenvalue weighted by Crippen LogP contribution is 2.40. The topological polar surface area (TPSA) is 45.3 Å². The fourth-order valence-electron chi connectivity index (χ4n) is 3.95. The Hall–Kier alpha value is -2.80. The fraction of sp³-hybridized carbons (Fsp3) is 0.286. The molecule has 1 unspecified atom stereocenters. The van der Waals surface area contributed by atoms with Crippen LogP contribution in [-0.2, 0) is 22.1 Å². The number of nitrogens with one attached hydrogen (secondary N) is 1. The van der Waals surface area contributed by atoms with Gasteiger partial charge in [-0.25, -0.2) is 0 Å². The third kappa shape index (κ3) is 3.16. The molecule has 0 saturated heterocycles. The fourth-order valence-corrected chi connectivity index (χ4v) is 3.95. The Labute approximate surface area is 159 Å². The zero-order valence-corrected chi connectivity index (χ0v) is 15.2. The van der Waals surface area contributed by atoms with Crippen molar-refractivity contribution in [2.24, 2.45) is 0 Å². The van der Waals surface area contributed by atoms with Gasteiger partial charge >= 0.3 is 6.18 Å². The third-order valence-corrected chi connectivity index (χ3v) is 5.15. The molecule has 3 aromatic rings. The molecule has 0 saturated carbocycles. The van der Waals surface area contributed by atoms with Crippen molar-refractivity contribution in [3.63, 3.8) is 0 Å². The summed E-state index contributed by atoms with van der Waals surface area (Å²) < 4.78 is 44.8. The van der Waals surface area contributed by atoms with Gasteiger partial charge < -0.3 is 14.6 Å². The van der Waals surface area contributed by atoms with Gasteiger partial charge in [0.2, 0.25) is 5.91 Å². The summed E-state index contributed by atoms with van der Waals surface area (Å²) in [7, 11) is 1.43. The number of halogens is 3. The summed E-state index contributed by atoms with van der Waals surface area (Å²) >= 11 is 0. The first-order chi connectivity index (χ1) is 13.4. The zero-order chi connectivity index (χ0) is 19.9. The van der Waals surface area contributed by atoms with Gasteiger partial charge in [-0.15, -0.1) is 0 Å². The average Bonchev–Trinajstić information content (AvgIpc) is 3.05. The number of alkyl halides is 3. The molecule has 4 rings (SSSR count). The maximum atomic E-state index is 13.3. The minimum absolute atomic E-state index is 0.120. The van der Waals surface area contributed by atoms with Gasteiger partial charge in [-0.1, -0.05) is 30.3 Å². The summed E-state index contributed by atoms with van der Waals surface area (Å²) in [5, 5.41) is 1.04. The van der Waals surface area contributed by atoms with E-state index >= 15 is 0 Å². The molecule has 1 aliphatic rings. The molecule has 2 heterocycles. The van der Waals surface area contributed by atoms with E-state index in [9.17, 15) is 18.0 Å². The van der Waals surface area contributed by atoms with Gasteiger partial charge in [0.1, 0.15) is 6.61 Å². The number of amides is 1. The van der Waals surface area contributed by atoms with Crippen LogP contribution >= 0.6 is 0 Å². The number of benzene rings is 2. The number of ether oxygens (including phenoxy) is 1. The quantitative estimate of drug-likeness (QED) is 0.727. The second-order valence-electron chi connectivity index (χ2n) is 6.86. The average molecular weight is 388 g/mol. The molecular formula is C21H19F3N2O2. The standard InChI is InChI=1S/C21H19F3N2O2/c1-28-12-18(27)26-10-9-16-15-7-2-3-8-17(15)25-19(16)20(26)13-5-4-6-14(11-13)21(22,23)24/h2-8,11,20,25H,9-10,12H2,1H3.